The second kappa shape index (κ2) is 15.0. The van der Waals surface area contributed by atoms with Gasteiger partial charge in [0, 0.05) is 12.6 Å². The number of benzene rings is 3. The Bertz CT molecular complexity index is 1600. The Kier molecular flexibility index (Phi) is 11.6. The molecular formula is C32H36BrCl2N3O5S. The van der Waals surface area contributed by atoms with Crippen LogP contribution in [0.25, 0.3) is 0 Å². The minimum absolute atomic E-state index is 0.0187. The van der Waals surface area contributed by atoms with E-state index in [2.05, 4.69) is 21.2 Å². The number of carbonyl (C=O) groups is 2. The number of sulfonamides is 1. The maximum absolute atomic E-state index is 14.2. The predicted molar refractivity (Wildman–Crippen MR) is 178 cm³/mol. The van der Waals surface area contributed by atoms with Gasteiger partial charge in [-0.2, -0.15) is 0 Å². The summed E-state index contributed by atoms with van der Waals surface area (Å²) in [5, 5.41) is 3.77. The van der Waals surface area contributed by atoms with Crippen LogP contribution in [0.15, 0.2) is 70.0 Å². The fraction of sp³-hybridized carbons (Fsp3) is 0.375. The summed E-state index contributed by atoms with van der Waals surface area (Å²) in [6, 6.07) is 15.4. The number of methoxy groups -OCH3 is 1. The molecule has 0 heterocycles. The minimum Gasteiger partial charge on any atom is -0.496 e. The molecule has 44 heavy (non-hydrogen) atoms. The summed E-state index contributed by atoms with van der Waals surface area (Å²) in [5.41, 5.74) is 1.89. The van der Waals surface area contributed by atoms with Gasteiger partial charge in [-0.25, -0.2) is 8.42 Å². The number of halogens is 3. The Labute approximate surface area is 277 Å². The molecule has 12 heteroatoms. The van der Waals surface area contributed by atoms with Crippen LogP contribution >= 0.6 is 39.1 Å². The zero-order chi connectivity index (χ0) is 32.0. The molecule has 0 aliphatic heterocycles. The maximum atomic E-state index is 14.2. The molecule has 0 saturated heterocycles. The van der Waals surface area contributed by atoms with Crippen LogP contribution in [0.3, 0.4) is 0 Å². The van der Waals surface area contributed by atoms with Gasteiger partial charge in [0.05, 0.1) is 32.2 Å². The third-order valence-corrected chi connectivity index (χ3v) is 10.9. The second-order valence-electron chi connectivity index (χ2n) is 10.9. The Morgan fingerprint density at radius 1 is 1.00 bits per heavy atom. The topological polar surface area (TPSA) is 96.0 Å². The van der Waals surface area contributed by atoms with Gasteiger partial charge in [-0.05, 0) is 90.6 Å². The van der Waals surface area contributed by atoms with E-state index >= 15 is 0 Å². The van der Waals surface area contributed by atoms with Crippen molar-refractivity contribution in [3.63, 3.8) is 0 Å². The van der Waals surface area contributed by atoms with E-state index in [0.29, 0.717) is 31.5 Å². The number of anilines is 1. The lowest BCUT2D eigenvalue weighted by atomic mass is 9.95. The van der Waals surface area contributed by atoms with Gasteiger partial charge in [-0.15, -0.1) is 0 Å². The first-order chi connectivity index (χ1) is 20.9. The normalized spacial score (nSPS) is 14.5. The lowest BCUT2D eigenvalue weighted by Gasteiger charge is -2.33. The van der Waals surface area contributed by atoms with E-state index in [4.69, 9.17) is 27.9 Å². The molecule has 2 amide bonds. The Morgan fingerprint density at radius 3 is 2.30 bits per heavy atom. The van der Waals surface area contributed by atoms with Gasteiger partial charge in [0.25, 0.3) is 10.0 Å². The maximum Gasteiger partial charge on any atom is 0.264 e. The van der Waals surface area contributed by atoms with Crippen molar-refractivity contribution in [3.8, 4) is 5.75 Å². The number of rotatable bonds is 11. The number of hydrogen-bond donors (Lipinski definition) is 1. The summed E-state index contributed by atoms with van der Waals surface area (Å²) in [6.07, 6.45) is 4.98. The molecule has 236 valence electrons. The van der Waals surface area contributed by atoms with Crippen LogP contribution in [-0.4, -0.2) is 50.9 Å². The van der Waals surface area contributed by atoms with Gasteiger partial charge in [-0.1, -0.05) is 66.2 Å². The fourth-order valence-electron chi connectivity index (χ4n) is 5.16. The van der Waals surface area contributed by atoms with Crippen LogP contribution in [0.5, 0.6) is 5.75 Å². The number of nitrogens with zero attached hydrogens (tertiary/aromatic N) is 2. The highest BCUT2D eigenvalue weighted by atomic mass is 79.9. The summed E-state index contributed by atoms with van der Waals surface area (Å²) >= 11 is 15.8. The highest BCUT2D eigenvalue weighted by Gasteiger charge is 2.33. The van der Waals surface area contributed by atoms with E-state index in [1.54, 1.807) is 55.5 Å². The molecule has 1 fully saturated rings. The minimum atomic E-state index is -4.24. The van der Waals surface area contributed by atoms with Crippen molar-refractivity contribution in [2.24, 2.45) is 0 Å². The van der Waals surface area contributed by atoms with Crippen LogP contribution < -0.4 is 14.4 Å². The zero-order valence-electron chi connectivity index (χ0n) is 24.9. The van der Waals surface area contributed by atoms with Crippen LogP contribution in [0.4, 0.5) is 5.69 Å². The average molecular weight is 726 g/mol. The van der Waals surface area contributed by atoms with E-state index in [-0.39, 0.29) is 23.4 Å². The summed E-state index contributed by atoms with van der Waals surface area (Å²) in [5.74, 6) is -0.388. The quantitative estimate of drug-likeness (QED) is 0.227. The van der Waals surface area contributed by atoms with Crippen LogP contribution in [0.1, 0.15) is 50.2 Å². The van der Waals surface area contributed by atoms with Gasteiger partial charge in [0.1, 0.15) is 18.3 Å². The van der Waals surface area contributed by atoms with E-state index in [0.717, 1.165) is 42.0 Å². The Balaban J connectivity index is 1.70. The average Bonchev–Trinajstić information content (AvgIpc) is 3.00. The molecule has 0 unspecified atom stereocenters. The third kappa shape index (κ3) is 8.27. The van der Waals surface area contributed by atoms with Gasteiger partial charge in [0.15, 0.2) is 0 Å². The Hall–Kier alpha value is -2.79. The fourth-order valence-corrected chi connectivity index (χ4v) is 7.61. The first-order valence-electron chi connectivity index (χ1n) is 14.4. The van der Waals surface area contributed by atoms with Gasteiger partial charge in [0.2, 0.25) is 11.8 Å². The lowest BCUT2D eigenvalue weighted by Crippen LogP contribution is -2.53. The van der Waals surface area contributed by atoms with Crippen LogP contribution in [0, 0.1) is 6.92 Å². The van der Waals surface area contributed by atoms with Crippen molar-refractivity contribution in [2.75, 3.05) is 18.0 Å². The van der Waals surface area contributed by atoms with Crippen molar-refractivity contribution in [2.45, 2.75) is 69.5 Å². The first kappa shape index (κ1) is 34.1. The van der Waals surface area contributed by atoms with E-state index in [1.165, 1.54) is 24.1 Å². The molecule has 1 aliphatic carbocycles. The molecule has 0 radical (unpaired) electrons. The smallest absolute Gasteiger partial charge is 0.264 e. The third-order valence-electron chi connectivity index (χ3n) is 7.77. The molecule has 1 saturated carbocycles. The zero-order valence-corrected chi connectivity index (χ0v) is 28.8. The van der Waals surface area contributed by atoms with Crippen molar-refractivity contribution in [3.05, 3.63) is 86.3 Å². The standard InChI is InChI=1S/C32H36BrCl2N3O5S/c1-21-9-12-25(13-10-21)38(44(41,42)26-14-16-30(43-3)27(33)18-26)20-31(39)37(19-23-11-15-28(34)29(35)17-23)22(2)32(40)36-24-7-5-4-6-8-24/h9-18,22,24H,4-8,19-20H2,1-3H3,(H,36,40)/t22-/m0/s1. The molecule has 0 spiro atoms. The SMILES string of the molecule is COc1ccc(S(=O)(=O)N(CC(=O)N(Cc2ccc(Cl)c(Cl)c2)[C@@H](C)C(=O)NC2CCCCC2)c2ccc(C)cc2)cc1Br. The van der Waals surface area contributed by atoms with Crippen molar-refractivity contribution >= 4 is 66.7 Å². The molecule has 8 nitrogen and oxygen atoms in total. The molecule has 1 aliphatic rings. The summed E-state index contributed by atoms with van der Waals surface area (Å²) in [4.78, 5) is 29.0. The van der Waals surface area contributed by atoms with E-state index < -0.39 is 28.5 Å². The van der Waals surface area contributed by atoms with Crippen molar-refractivity contribution < 1.29 is 22.7 Å². The molecule has 4 rings (SSSR count). The number of ether oxygens (including phenoxy) is 1. The molecular weight excluding hydrogens is 689 g/mol. The summed E-state index contributed by atoms with van der Waals surface area (Å²) < 4.78 is 35.0. The number of amides is 2. The molecule has 3 aromatic carbocycles. The van der Waals surface area contributed by atoms with Crippen LogP contribution in [-0.2, 0) is 26.2 Å². The molecule has 0 aromatic heterocycles. The predicted octanol–water partition coefficient (Wildman–Crippen LogP) is 7.13. The van der Waals surface area contributed by atoms with Crippen molar-refractivity contribution in [1.29, 1.82) is 0 Å². The lowest BCUT2D eigenvalue weighted by molar-refractivity contribution is -0.139. The Morgan fingerprint density at radius 2 is 1.68 bits per heavy atom. The first-order valence-corrected chi connectivity index (χ1v) is 17.4. The molecule has 1 atom stereocenters. The highest BCUT2D eigenvalue weighted by molar-refractivity contribution is 9.10. The number of hydrogen-bond acceptors (Lipinski definition) is 5. The van der Waals surface area contributed by atoms with Crippen molar-refractivity contribution in [1.82, 2.24) is 10.2 Å². The highest BCUT2D eigenvalue weighted by Crippen LogP contribution is 2.31. The van der Waals surface area contributed by atoms with Gasteiger partial charge < -0.3 is 15.0 Å². The number of nitrogens with one attached hydrogen (secondary N) is 1. The monoisotopic (exact) mass is 723 g/mol. The van der Waals surface area contributed by atoms with Gasteiger partial charge >= 0.3 is 0 Å². The second-order valence-corrected chi connectivity index (χ2v) is 14.5. The summed E-state index contributed by atoms with van der Waals surface area (Å²) in [7, 11) is -2.75. The number of aryl methyl sites for hydroxylation is 1. The van der Waals surface area contributed by atoms with E-state index in [1.807, 2.05) is 6.92 Å². The molecule has 1 N–H and O–H groups in total. The van der Waals surface area contributed by atoms with E-state index in [9.17, 15) is 18.0 Å². The summed E-state index contributed by atoms with van der Waals surface area (Å²) in [6.45, 7) is 3.01. The van der Waals surface area contributed by atoms with Gasteiger partial charge in [-0.3, -0.25) is 13.9 Å². The molecule has 3 aromatic rings. The molecule has 0 bridgehead atoms. The van der Waals surface area contributed by atoms with Crippen LogP contribution in [0.2, 0.25) is 10.0 Å². The largest absolute Gasteiger partial charge is 0.496 e. The number of carbonyl (C=O) groups excluding carboxylic acids is 2.